The molecule has 4 aromatic carbocycles. The largest absolute Gasteiger partial charge is 0.322 e. The third-order valence-corrected chi connectivity index (χ3v) is 7.72. The minimum atomic E-state index is -4.04. The first-order valence-electron chi connectivity index (χ1n) is 11.9. The van der Waals surface area contributed by atoms with Gasteiger partial charge in [-0.05, 0) is 73.2 Å². The molecule has 0 saturated heterocycles. The number of nitrogens with one attached hydrogen (secondary N) is 2. The topological polar surface area (TPSA) is 108 Å². The summed E-state index contributed by atoms with van der Waals surface area (Å²) in [4.78, 5) is 25.2. The van der Waals surface area contributed by atoms with Crippen LogP contribution in [-0.2, 0) is 14.8 Å². The Kier molecular flexibility index (Phi) is 8.75. The van der Waals surface area contributed by atoms with Gasteiger partial charge < -0.3 is 5.32 Å². The number of halogens is 1. The van der Waals surface area contributed by atoms with E-state index in [0.29, 0.717) is 27.5 Å². The van der Waals surface area contributed by atoms with Gasteiger partial charge in [0.2, 0.25) is 0 Å². The maximum absolute atomic E-state index is 13.4. The maximum Gasteiger partial charge on any atom is 0.264 e. The lowest BCUT2D eigenvalue weighted by atomic mass is 10.1. The number of sulfonamides is 1. The average Bonchev–Trinajstić information content (AvgIpc) is 2.96. The molecule has 10 heteroatoms. The normalized spacial score (nSPS) is 11.5. The first kappa shape index (κ1) is 27.6. The van der Waals surface area contributed by atoms with Crippen molar-refractivity contribution in [1.29, 1.82) is 0 Å². The van der Waals surface area contributed by atoms with Gasteiger partial charge in [-0.15, -0.1) is 0 Å². The molecule has 2 N–H and O–H groups in total. The van der Waals surface area contributed by atoms with Crippen molar-refractivity contribution in [3.8, 4) is 0 Å². The molecule has 198 valence electrons. The highest BCUT2D eigenvalue weighted by Gasteiger charge is 2.27. The van der Waals surface area contributed by atoms with E-state index in [-0.39, 0.29) is 16.5 Å². The average molecular weight is 561 g/mol. The Morgan fingerprint density at radius 1 is 0.795 bits per heavy atom. The van der Waals surface area contributed by atoms with Crippen LogP contribution in [0.5, 0.6) is 0 Å². The third kappa shape index (κ3) is 7.10. The highest BCUT2D eigenvalue weighted by molar-refractivity contribution is 7.92. The van der Waals surface area contributed by atoms with Gasteiger partial charge in [0.1, 0.15) is 6.54 Å². The van der Waals surface area contributed by atoms with E-state index in [1.807, 2.05) is 6.07 Å². The third-order valence-electron chi connectivity index (χ3n) is 5.68. The van der Waals surface area contributed by atoms with Gasteiger partial charge in [0.05, 0.1) is 16.3 Å². The minimum absolute atomic E-state index is 0.0480. The summed E-state index contributed by atoms with van der Waals surface area (Å²) < 4.78 is 27.7. The zero-order valence-electron chi connectivity index (χ0n) is 20.9. The van der Waals surface area contributed by atoms with E-state index in [9.17, 15) is 18.0 Å². The van der Waals surface area contributed by atoms with Crippen LogP contribution in [0, 0.1) is 0 Å². The number of rotatable bonds is 9. The first-order chi connectivity index (χ1) is 18.7. The Balaban J connectivity index is 1.45. The van der Waals surface area contributed by atoms with Gasteiger partial charge in [-0.3, -0.25) is 13.9 Å². The summed E-state index contributed by atoms with van der Waals surface area (Å²) in [6, 6.07) is 29.9. The van der Waals surface area contributed by atoms with Crippen molar-refractivity contribution >= 4 is 50.5 Å². The van der Waals surface area contributed by atoms with Crippen molar-refractivity contribution in [2.24, 2.45) is 5.10 Å². The quantitative estimate of drug-likeness (QED) is 0.213. The molecule has 4 rings (SSSR count). The molecule has 39 heavy (non-hydrogen) atoms. The number of anilines is 2. The van der Waals surface area contributed by atoms with Crippen molar-refractivity contribution in [1.82, 2.24) is 5.43 Å². The van der Waals surface area contributed by atoms with Crippen molar-refractivity contribution in [2.75, 3.05) is 16.2 Å². The molecule has 0 aliphatic heterocycles. The Bertz CT molecular complexity index is 1580. The Labute approximate surface area is 232 Å². The fourth-order valence-electron chi connectivity index (χ4n) is 3.61. The second-order valence-electron chi connectivity index (χ2n) is 8.43. The smallest absolute Gasteiger partial charge is 0.264 e. The fraction of sp³-hybridized carbons (Fsp3) is 0.0690. The number of carbonyl (C=O) groups is 2. The molecule has 0 aromatic heterocycles. The molecule has 0 bridgehead atoms. The van der Waals surface area contributed by atoms with Crippen LogP contribution >= 0.6 is 11.6 Å². The van der Waals surface area contributed by atoms with E-state index >= 15 is 0 Å². The van der Waals surface area contributed by atoms with Crippen LogP contribution < -0.4 is 15.0 Å². The van der Waals surface area contributed by atoms with Gasteiger partial charge in [-0.25, -0.2) is 13.8 Å². The molecule has 0 unspecified atom stereocenters. The van der Waals surface area contributed by atoms with Crippen molar-refractivity contribution in [2.45, 2.75) is 11.8 Å². The molecule has 0 atom stereocenters. The van der Waals surface area contributed by atoms with E-state index in [2.05, 4.69) is 15.8 Å². The van der Waals surface area contributed by atoms with E-state index in [4.69, 9.17) is 11.6 Å². The van der Waals surface area contributed by atoms with Gasteiger partial charge in [0.15, 0.2) is 0 Å². The number of hydrogen-bond donors (Lipinski definition) is 2. The second-order valence-corrected chi connectivity index (χ2v) is 10.7. The highest BCUT2D eigenvalue weighted by atomic mass is 35.5. The zero-order chi connectivity index (χ0) is 27.8. The molecule has 0 spiro atoms. The predicted molar refractivity (Wildman–Crippen MR) is 154 cm³/mol. The molecular formula is C29H25ClN4O4S. The first-order valence-corrected chi connectivity index (χ1v) is 13.7. The fourth-order valence-corrected chi connectivity index (χ4v) is 5.17. The van der Waals surface area contributed by atoms with Gasteiger partial charge in [0, 0.05) is 16.3 Å². The van der Waals surface area contributed by atoms with Crippen LogP contribution in [-0.4, -0.2) is 32.5 Å². The summed E-state index contributed by atoms with van der Waals surface area (Å²) in [5.41, 5.74) is 5.07. The summed E-state index contributed by atoms with van der Waals surface area (Å²) in [7, 11) is -4.04. The monoisotopic (exact) mass is 560 g/mol. The van der Waals surface area contributed by atoms with Gasteiger partial charge in [0.25, 0.3) is 21.8 Å². The van der Waals surface area contributed by atoms with Gasteiger partial charge >= 0.3 is 0 Å². The molecule has 0 saturated carbocycles. The van der Waals surface area contributed by atoms with E-state index < -0.39 is 22.5 Å². The van der Waals surface area contributed by atoms with Gasteiger partial charge in [-0.1, -0.05) is 60.1 Å². The van der Waals surface area contributed by atoms with Crippen LogP contribution in [0.4, 0.5) is 11.4 Å². The van der Waals surface area contributed by atoms with Crippen LogP contribution in [0.25, 0.3) is 0 Å². The molecule has 8 nitrogen and oxygen atoms in total. The lowest BCUT2D eigenvalue weighted by molar-refractivity contribution is -0.119. The Morgan fingerprint density at radius 3 is 2.00 bits per heavy atom. The standard InChI is InChI=1S/C29H25ClN4O4S/c1-21(22-12-16-25(17-13-22)31-29(36)23-8-4-2-5-9-23)32-33-28(35)20-34(26-18-14-24(30)15-19-26)39(37,38)27-10-6-3-7-11-27/h2-19H,20H2,1H3,(H,31,36)(H,33,35)/b32-21-. The Hall–Kier alpha value is -4.47. The van der Waals surface area contributed by atoms with E-state index in [0.717, 1.165) is 4.31 Å². The minimum Gasteiger partial charge on any atom is -0.322 e. The van der Waals surface area contributed by atoms with Crippen LogP contribution in [0.1, 0.15) is 22.8 Å². The van der Waals surface area contributed by atoms with Crippen molar-refractivity contribution in [3.05, 3.63) is 125 Å². The number of nitrogens with zero attached hydrogens (tertiary/aromatic N) is 2. The number of hydrazone groups is 1. The van der Waals surface area contributed by atoms with E-state index in [1.54, 1.807) is 85.8 Å². The number of amides is 2. The summed E-state index contributed by atoms with van der Waals surface area (Å²) in [6.45, 7) is 1.20. The molecule has 4 aromatic rings. The number of carbonyl (C=O) groups excluding carboxylic acids is 2. The number of benzene rings is 4. The summed E-state index contributed by atoms with van der Waals surface area (Å²) in [5.74, 6) is -0.854. The van der Waals surface area contributed by atoms with Crippen LogP contribution in [0.2, 0.25) is 5.02 Å². The van der Waals surface area contributed by atoms with E-state index in [1.165, 1.54) is 24.3 Å². The second kappa shape index (κ2) is 12.4. The highest BCUT2D eigenvalue weighted by Crippen LogP contribution is 2.25. The lowest BCUT2D eigenvalue weighted by Gasteiger charge is -2.23. The molecular weight excluding hydrogens is 536 g/mol. The van der Waals surface area contributed by atoms with Gasteiger partial charge in [-0.2, -0.15) is 5.10 Å². The summed E-state index contributed by atoms with van der Waals surface area (Å²) in [6.07, 6.45) is 0. The lowest BCUT2D eigenvalue weighted by Crippen LogP contribution is -2.39. The molecule has 2 amide bonds. The van der Waals surface area contributed by atoms with Crippen molar-refractivity contribution < 1.29 is 18.0 Å². The Morgan fingerprint density at radius 2 is 1.38 bits per heavy atom. The zero-order valence-corrected chi connectivity index (χ0v) is 22.5. The van der Waals surface area contributed by atoms with Crippen LogP contribution in [0.15, 0.2) is 119 Å². The molecule has 0 aliphatic carbocycles. The van der Waals surface area contributed by atoms with Crippen molar-refractivity contribution in [3.63, 3.8) is 0 Å². The molecule has 0 heterocycles. The predicted octanol–water partition coefficient (Wildman–Crippen LogP) is 5.33. The molecule has 0 radical (unpaired) electrons. The SMILES string of the molecule is C/C(=N/NC(=O)CN(c1ccc(Cl)cc1)S(=O)(=O)c1ccccc1)c1ccc(NC(=O)c2ccccc2)cc1. The van der Waals surface area contributed by atoms with Crippen LogP contribution in [0.3, 0.4) is 0 Å². The number of hydrogen-bond acceptors (Lipinski definition) is 5. The summed E-state index contributed by atoms with van der Waals surface area (Å²) >= 11 is 5.97. The molecule has 0 fully saturated rings. The summed E-state index contributed by atoms with van der Waals surface area (Å²) in [5, 5.41) is 7.40. The molecule has 0 aliphatic rings. The maximum atomic E-state index is 13.4.